The van der Waals surface area contributed by atoms with Crippen molar-refractivity contribution < 1.29 is 28.6 Å². The van der Waals surface area contributed by atoms with Gasteiger partial charge in [-0.15, -0.1) is 0 Å². The zero-order valence-electron chi connectivity index (χ0n) is 16.6. The molecule has 1 N–H and O–H groups in total. The van der Waals surface area contributed by atoms with E-state index in [0.717, 1.165) is 11.3 Å². The van der Waals surface area contributed by atoms with Gasteiger partial charge in [0.2, 0.25) is 5.91 Å². The van der Waals surface area contributed by atoms with Gasteiger partial charge in [-0.3, -0.25) is 14.4 Å². The van der Waals surface area contributed by atoms with Crippen LogP contribution in [0.2, 0.25) is 0 Å². The number of benzene rings is 2. The van der Waals surface area contributed by atoms with Crippen molar-refractivity contribution in [3.63, 3.8) is 0 Å². The quantitative estimate of drug-likeness (QED) is 0.761. The van der Waals surface area contributed by atoms with Crippen molar-refractivity contribution >= 4 is 29.2 Å². The summed E-state index contributed by atoms with van der Waals surface area (Å²) >= 11 is 0. The van der Waals surface area contributed by atoms with Gasteiger partial charge in [0.1, 0.15) is 13.2 Å². The zero-order chi connectivity index (χ0) is 21.1. The molecule has 0 saturated carbocycles. The van der Waals surface area contributed by atoms with Crippen molar-refractivity contribution in [3.8, 4) is 11.5 Å². The minimum absolute atomic E-state index is 0.0660. The molecule has 2 aliphatic heterocycles. The highest BCUT2D eigenvalue weighted by Gasteiger charge is 2.36. The first-order chi connectivity index (χ1) is 14.5. The molecule has 2 aromatic carbocycles. The fourth-order valence-electron chi connectivity index (χ4n) is 3.41. The minimum atomic E-state index is -0.596. The third-order valence-electron chi connectivity index (χ3n) is 4.98. The topological polar surface area (TPSA) is 94.2 Å². The van der Waals surface area contributed by atoms with Gasteiger partial charge in [-0.2, -0.15) is 0 Å². The Hall–Kier alpha value is -3.55. The monoisotopic (exact) mass is 410 g/mol. The highest BCUT2D eigenvalue weighted by atomic mass is 16.6. The van der Waals surface area contributed by atoms with Crippen molar-refractivity contribution in [2.45, 2.75) is 13.3 Å². The average molecular weight is 410 g/mol. The average Bonchev–Trinajstić information content (AvgIpc) is 3.14. The molecule has 0 aromatic heterocycles. The van der Waals surface area contributed by atoms with Crippen LogP contribution in [0.4, 0.5) is 11.4 Å². The molecule has 0 bridgehead atoms. The number of hydrogen-bond donors (Lipinski definition) is 1. The Kier molecular flexibility index (Phi) is 5.56. The number of hydrogen-bond acceptors (Lipinski definition) is 6. The molecule has 2 aliphatic rings. The van der Waals surface area contributed by atoms with Gasteiger partial charge in [0.15, 0.2) is 18.1 Å². The van der Waals surface area contributed by atoms with Crippen molar-refractivity contribution in [3.05, 3.63) is 48.0 Å². The van der Waals surface area contributed by atoms with Gasteiger partial charge in [0.05, 0.1) is 5.92 Å². The Bertz CT molecular complexity index is 972. The first-order valence-electron chi connectivity index (χ1n) is 9.73. The summed E-state index contributed by atoms with van der Waals surface area (Å²) in [6.45, 7) is 2.71. The minimum Gasteiger partial charge on any atom is -0.486 e. The molecule has 2 aromatic rings. The lowest BCUT2D eigenvalue weighted by Crippen LogP contribution is -2.28. The van der Waals surface area contributed by atoms with Crippen LogP contribution in [-0.2, 0) is 19.1 Å². The summed E-state index contributed by atoms with van der Waals surface area (Å²) in [5, 5.41) is 2.66. The Balaban J connectivity index is 1.28. The predicted octanol–water partition coefficient (Wildman–Crippen LogP) is 2.30. The Morgan fingerprint density at radius 2 is 1.83 bits per heavy atom. The van der Waals surface area contributed by atoms with E-state index >= 15 is 0 Å². The first kappa shape index (κ1) is 19.8. The van der Waals surface area contributed by atoms with Crippen molar-refractivity contribution in [1.29, 1.82) is 0 Å². The van der Waals surface area contributed by atoms with E-state index < -0.39 is 24.4 Å². The third kappa shape index (κ3) is 4.37. The lowest BCUT2D eigenvalue weighted by molar-refractivity contribution is -0.151. The van der Waals surface area contributed by atoms with Crippen LogP contribution in [0.5, 0.6) is 11.5 Å². The van der Waals surface area contributed by atoms with E-state index in [-0.39, 0.29) is 18.9 Å². The van der Waals surface area contributed by atoms with Crippen LogP contribution < -0.4 is 19.7 Å². The largest absolute Gasteiger partial charge is 0.486 e. The van der Waals surface area contributed by atoms with Crippen molar-refractivity contribution in [1.82, 2.24) is 0 Å². The standard InChI is InChI=1S/C22H22N2O6/c1-14-2-5-17(6-3-14)24-12-15(10-21(24)26)22(27)30-13-20(25)23-16-4-7-18-19(11-16)29-9-8-28-18/h2-7,11,15H,8-10,12-13H2,1H3,(H,23,25)/t15-/m0/s1. The molecular weight excluding hydrogens is 388 g/mol. The summed E-state index contributed by atoms with van der Waals surface area (Å²) in [5.41, 5.74) is 2.35. The van der Waals surface area contributed by atoms with Crippen LogP contribution in [0.15, 0.2) is 42.5 Å². The summed E-state index contributed by atoms with van der Waals surface area (Å²) in [6.07, 6.45) is 0.0660. The number of carbonyl (C=O) groups excluding carboxylic acids is 3. The van der Waals surface area contributed by atoms with Crippen LogP contribution in [0.3, 0.4) is 0 Å². The fourth-order valence-corrected chi connectivity index (χ4v) is 3.41. The van der Waals surface area contributed by atoms with Gasteiger partial charge >= 0.3 is 5.97 Å². The van der Waals surface area contributed by atoms with Gasteiger partial charge in [0, 0.05) is 30.4 Å². The number of esters is 1. The highest BCUT2D eigenvalue weighted by molar-refractivity contribution is 6.00. The lowest BCUT2D eigenvalue weighted by atomic mass is 10.1. The maximum absolute atomic E-state index is 12.4. The van der Waals surface area contributed by atoms with Gasteiger partial charge in [-0.05, 0) is 31.2 Å². The molecule has 30 heavy (non-hydrogen) atoms. The van der Waals surface area contributed by atoms with Crippen molar-refractivity contribution in [2.24, 2.45) is 5.92 Å². The van der Waals surface area contributed by atoms with E-state index in [1.807, 2.05) is 31.2 Å². The van der Waals surface area contributed by atoms with Gasteiger partial charge in [0.25, 0.3) is 5.91 Å². The number of ether oxygens (including phenoxy) is 3. The zero-order valence-corrected chi connectivity index (χ0v) is 16.6. The predicted molar refractivity (Wildman–Crippen MR) is 109 cm³/mol. The van der Waals surface area contributed by atoms with E-state index in [1.165, 1.54) is 0 Å². The molecule has 4 rings (SSSR count). The number of nitrogens with zero attached hydrogens (tertiary/aromatic N) is 1. The van der Waals surface area contributed by atoms with Crippen LogP contribution >= 0.6 is 0 Å². The number of anilines is 2. The van der Waals surface area contributed by atoms with Crippen LogP contribution in [0.1, 0.15) is 12.0 Å². The summed E-state index contributed by atoms with van der Waals surface area (Å²) in [7, 11) is 0. The second-order valence-corrected chi connectivity index (χ2v) is 7.26. The van der Waals surface area contributed by atoms with Gasteiger partial charge in [-0.1, -0.05) is 17.7 Å². The molecule has 1 fully saturated rings. The molecule has 2 heterocycles. The summed E-state index contributed by atoms with van der Waals surface area (Å²) in [6, 6.07) is 12.6. The maximum Gasteiger partial charge on any atom is 0.311 e. The van der Waals surface area contributed by atoms with Crippen LogP contribution in [0, 0.1) is 12.8 Å². The molecule has 8 heteroatoms. The van der Waals surface area contributed by atoms with E-state index in [1.54, 1.807) is 23.1 Å². The Morgan fingerprint density at radius 1 is 1.10 bits per heavy atom. The van der Waals surface area contributed by atoms with Gasteiger partial charge < -0.3 is 24.4 Å². The Labute approximate surface area is 173 Å². The molecular formula is C22H22N2O6. The molecule has 1 atom stereocenters. The van der Waals surface area contributed by atoms with E-state index in [2.05, 4.69) is 5.32 Å². The van der Waals surface area contributed by atoms with Crippen LogP contribution in [0.25, 0.3) is 0 Å². The summed E-state index contributed by atoms with van der Waals surface area (Å²) in [5.74, 6) is -0.594. The molecule has 0 spiro atoms. The third-order valence-corrected chi connectivity index (χ3v) is 4.98. The lowest BCUT2D eigenvalue weighted by Gasteiger charge is -2.19. The van der Waals surface area contributed by atoms with E-state index in [9.17, 15) is 14.4 Å². The second kappa shape index (κ2) is 8.44. The normalized spacial score (nSPS) is 17.6. The fraction of sp³-hybridized carbons (Fsp3) is 0.318. The number of fused-ring (bicyclic) bond motifs is 1. The number of aryl methyl sites for hydroxylation is 1. The van der Waals surface area contributed by atoms with Gasteiger partial charge in [-0.25, -0.2) is 0 Å². The van der Waals surface area contributed by atoms with E-state index in [0.29, 0.717) is 30.4 Å². The number of nitrogens with one attached hydrogen (secondary N) is 1. The smallest absolute Gasteiger partial charge is 0.311 e. The highest BCUT2D eigenvalue weighted by Crippen LogP contribution is 2.32. The molecule has 0 unspecified atom stereocenters. The first-order valence-corrected chi connectivity index (χ1v) is 9.73. The summed E-state index contributed by atoms with van der Waals surface area (Å²) in [4.78, 5) is 38.4. The summed E-state index contributed by atoms with van der Waals surface area (Å²) < 4.78 is 16.1. The molecule has 0 radical (unpaired) electrons. The molecule has 156 valence electrons. The second-order valence-electron chi connectivity index (χ2n) is 7.26. The van der Waals surface area contributed by atoms with Crippen molar-refractivity contribution in [2.75, 3.05) is 36.6 Å². The van der Waals surface area contributed by atoms with Crippen LogP contribution in [-0.4, -0.2) is 44.1 Å². The SMILES string of the molecule is Cc1ccc(N2C[C@@H](C(=O)OCC(=O)Nc3ccc4c(c3)OCCO4)CC2=O)cc1. The number of amides is 2. The maximum atomic E-state index is 12.4. The molecule has 2 amide bonds. The molecule has 8 nitrogen and oxygen atoms in total. The van der Waals surface area contributed by atoms with E-state index in [4.69, 9.17) is 14.2 Å². The number of rotatable bonds is 5. The number of carbonyl (C=O) groups is 3. The molecule has 1 saturated heterocycles. The Morgan fingerprint density at radius 3 is 2.60 bits per heavy atom. The molecule has 0 aliphatic carbocycles.